The molecule has 216 valence electrons. The first kappa shape index (κ1) is 28.1. The number of fused-ring (bicyclic) bond motifs is 8. The summed E-state index contributed by atoms with van der Waals surface area (Å²) in [5.41, 5.74) is 8.26. The van der Waals surface area contributed by atoms with Crippen molar-refractivity contribution >= 4 is 28.9 Å². The van der Waals surface area contributed by atoms with Crippen LogP contribution < -0.4 is 9.47 Å². The highest BCUT2D eigenvalue weighted by molar-refractivity contribution is 6.31. The minimum Gasteiger partial charge on any atom is -0.493 e. The van der Waals surface area contributed by atoms with Gasteiger partial charge in [-0.3, -0.25) is 0 Å². The van der Waals surface area contributed by atoms with Crippen LogP contribution in [0.2, 0.25) is 10.0 Å². The molecule has 0 radical (unpaired) electrons. The van der Waals surface area contributed by atoms with Crippen molar-refractivity contribution < 1.29 is 9.47 Å². The molecule has 44 heavy (non-hydrogen) atoms. The van der Waals surface area contributed by atoms with E-state index in [0.29, 0.717) is 45.8 Å². The number of benzene rings is 4. The molecule has 7 heteroatoms. The number of nitriles is 2. The Morgan fingerprint density at radius 2 is 1.41 bits per heavy atom. The van der Waals surface area contributed by atoms with Crippen LogP contribution in [0, 0.1) is 29.6 Å². The molecule has 2 heterocycles. The first-order valence-electron chi connectivity index (χ1n) is 14.3. The Morgan fingerprint density at radius 1 is 0.795 bits per heavy atom. The lowest BCUT2D eigenvalue weighted by Gasteiger charge is -2.38. The minimum absolute atomic E-state index is 0.313. The van der Waals surface area contributed by atoms with Crippen molar-refractivity contribution in [1.29, 1.82) is 10.5 Å². The molecule has 0 amide bonds. The van der Waals surface area contributed by atoms with Gasteiger partial charge in [0.1, 0.15) is 11.8 Å². The van der Waals surface area contributed by atoms with Crippen LogP contribution in [0.3, 0.4) is 0 Å². The molecule has 2 aliphatic heterocycles. The van der Waals surface area contributed by atoms with E-state index in [9.17, 15) is 10.5 Å². The Hall–Kier alpha value is -4.68. The van der Waals surface area contributed by atoms with Crippen molar-refractivity contribution in [3.8, 4) is 34.8 Å². The van der Waals surface area contributed by atoms with Crippen LogP contribution in [0.15, 0.2) is 90.1 Å². The van der Waals surface area contributed by atoms with Crippen LogP contribution in [0.5, 0.6) is 11.5 Å². The second-order valence-electron chi connectivity index (χ2n) is 11.3. The normalized spacial score (nSPS) is 17.4. The Kier molecular flexibility index (Phi) is 6.70. The topological polar surface area (TPSA) is 69.3 Å². The highest BCUT2D eigenvalue weighted by Gasteiger charge is 2.55. The molecule has 4 aromatic carbocycles. The van der Waals surface area contributed by atoms with Gasteiger partial charge in [0, 0.05) is 33.8 Å². The number of hydrogen-bond donors (Lipinski definition) is 0. The van der Waals surface area contributed by atoms with E-state index in [4.69, 9.17) is 32.7 Å². The maximum Gasteiger partial charge on any atom is 0.161 e. The summed E-state index contributed by atoms with van der Waals surface area (Å²) in [6, 6.07) is 29.0. The maximum absolute atomic E-state index is 11.2. The van der Waals surface area contributed by atoms with Gasteiger partial charge in [-0.15, -0.1) is 0 Å². The van der Waals surface area contributed by atoms with Crippen molar-refractivity contribution in [2.45, 2.75) is 24.7 Å². The predicted octanol–water partition coefficient (Wildman–Crippen LogP) is 8.58. The SMILES string of the molecule is COc1cc2c(cc1OC)C1=CC(c3ccc(C)cc3)C3(C(C#N)=C(C#N)N1CC2)c1cc(Cl)ccc1-c1ccc(Cl)cc13. The van der Waals surface area contributed by atoms with E-state index in [-0.39, 0.29) is 0 Å². The summed E-state index contributed by atoms with van der Waals surface area (Å²) in [6.45, 7) is 2.57. The molecule has 1 atom stereocenters. The molecule has 3 aliphatic rings. The third-order valence-corrected chi connectivity index (χ3v) is 9.70. The van der Waals surface area contributed by atoms with E-state index in [2.05, 4.69) is 49.4 Å². The van der Waals surface area contributed by atoms with E-state index in [1.165, 1.54) is 0 Å². The molecule has 0 N–H and O–H groups in total. The lowest BCUT2D eigenvalue weighted by atomic mass is 9.61. The lowest BCUT2D eigenvalue weighted by Crippen LogP contribution is -2.35. The number of aryl methyl sites for hydroxylation is 1. The fraction of sp³-hybridized carbons (Fsp3) is 0.189. The molecule has 1 aliphatic carbocycles. The molecular weight excluding hydrogens is 589 g/mol. The second-order valence-corrected chi connectivity index (χ2v) is 12.2. The van der Waals surface area contributed by atoms with Gasteiger partial charge >= 0.3 is 0 Å². The molecule has 0 bridgehead atoms. The van der Waals surface area contributed by atoms with Crippen molar-refractivity contribution in [2.24, 2.45) is 0 Å². The first-order chi connectivity index (χ1) is 21.3. The summed E-state index contributed by atoms with van der Waals surface area (Å²) < 4.78 is 11.3. The summed E-state index contributed by atoms with van der Waals surface area (Å²) in [6.07, 6.45) is 2.88. The number of ether oxygens (including phenoxy) is 2. The van der Waals surface area contributed by atoms with Gasteiger partial charge in [0.2, 0.25) is 0 Å². The number of rotatable bonds is 3. The highest BCUT2D eigenvalue weighted by atomic mass is 35.5. The zero-order valence-electron chi connectivity index (χ0n) is 24.4. The monoisotopic (exact) mass is 615 g/mol. The number of halogens is 2. The summed E-state index contributed by atoms with van der Waals surface area (Å²) in [5.74, 6) is 0.840. The first-order valence-corrected chi connectivity index (χ1v) is 15.1. The van der Waals surface area contributed by atoms with Crippen LogP contribution in [0.1, 0.15) is 39.3 Å². The number of allylic oxidation sites excluding steroid dienone is 3. The molecule has 5 nitrogen and oxygen atoms in total. The van der Waals surface area contributed by atoms with E-state index in [1.54, 1.807) is 14.2 Å². The average Bonchev–Trinajstić information content (AvgIpc) is 3.22. The average molecular weight is 617 g/mol. The van der Waals surface area contributed by atoms with Crippen molar-refractivity contribution in [3.63, 3.8) is 0 Å². The molecule has 7 rings (SSSR count). The van der Waals surface area contributed by atoms with E-state index in [1.807, 2.05) is 53.4 Å². The molecule has 0 saturated carbocycles. The van der Waals surface area contributed by atoms with Crippen LogP contribution in [-0.2, 0) is 11.8 Å². The Balaban J connectivity index is 1.67. The molecule has 0 fully saturated rings. The Bertz CT molecular complexity index is 1960. The number of methoxy groups -OCH3 is 2. The summed E-state index contributed by atoms with van der Waals surface area (Å²) in [5, 5.41) is 23.2. The van der Waals surface area contributed by atoms with E-state index < -0.39 is 11.3 Å². The third-order valence-electron chi connectivity index (χ3n) is 9.23. The van der Waals surface area contributed by atoms with E-state index >= 15 is 0 Å². The Morgan fingerprint density at radius 3 is 1.98 bits per heavy atom. The second kappa shape index (κ2) is 10.5. The van der Waals surface area contributed by atoms with Gasteiger partial charge in [0.25, 0.3) is 0 Å². The molecule has 0 saturated heterocycles. The van der Waals surface area contributed by atoms with Gasteiger partial charge < -0.3 is 14.4 Å². The van der Waals surface area contributed by atoms with Crippen molar-refractivity contribution in [1.82, 2.24) is 4.90 Å². The Labute approximate surface area is 266 Å². The van der Waals surface area contributed by atoms with Gasteiger partial charge in [-0.2, -0.15) is 10.5 Å². The van der Waals surface area contributed by atoms with E-state index in [0.717, 1.165) is 50.2 Å². The molecule has 1 spiro atoms. The molecule has 0 aromatic heterocycles. The summed E-state index contributed by atoms with van der Waals surface area (Å²) in [7, 11) is 3.24. The quantitative estimate of drug-likeness (QED) is 0.231. The highest BCUT2D eigenvalue weighted by Crippen LogP contribution is 2.63. The minimum atomic E-state index is -1.09. The maximum atomic E-state index is 11.2. The number of nitrogens with zero attached hydrogens (tertiary/aromatic N) is 3. The zero-order chi connectivity index (χ0) is 30.7. The van der Waals surface area contributed by atoms with Gasteiger partial charge in [0.05, 0.1) is 31.3 Å². The predicted molar refractivity (Wildman–Crippen MR) is 173 cm³/mol. The van der Waals surface area contributed by atoms with Gasteiger partial charge in [-0.25, -0.2) is 0 Å². The van der Waals surface area contributed by atoms with Crippen molar-refractivity contribution in [3.05, 3.63) is 134 Å². The fourth-order valence-electron chi connectivity index (χ4n) is 7.32. The molecule has 1 unspecified atom stereocenters. The zero-order valence-corrected chi connectivity index (χ0v) is 25.9. The third kappa shape index (κ3) is 3.90. The van der Waals surface area contributed by atoms with Gasteiger partial charge in [0.15, 0.2) is 11.5 Å². The lowest BCUT2D eigenvalue weighted by molar-refractivity contribution is 0.353. The van der Waals surface area contributed by atoms with Gasteiger partial charge in [-0.05, 0) is 83.1 Å². The van der Waals surface area contributed by atoms with Crippen LogP contribution in [0.25, 0.3) is 16.8 Å². The fourth-order valence-corrected chi connectivity index (χ4v) is 7.66. The smallest absolute Gasteiger partial charge is 0.161 e. The number of hydrogen-bond acceptors (Lipinski definition) is 5. The van der Waals surface area contributed by atoms with Gasteiger partial charge in [-0.1, -0.05) is 71.2 Å². The van der Waals surface area contributed by atoms with Crippen LogP contribution in [0.4, 0.5) is 0 Å². The molecular formula is C37H27Cl2N3O2. The van der Waals surface area contributed by atoms with Crippen LogP contribution >= 0.6 is 23.2 Å². The largest absolute Gasteiger partial charge is 0.493 e. The van der Waals surface area contributed by atoms with Crippen LogP contribution in [-0.4, -0.2) is 25.7 Å². The standard InChI is InChI=1S/C37H27Cl2N3O2/c1-21-4-6-22(7-5-21)29-18-33-28-17-36(44-3)35(43-2)14-23(28)12-13-42(33)34(20-41)32(19-40)37(29)30-15-24(38)8-10-26(30)27-11-9-25(39)16-31(27)37/h4-11,14-18,29H,12-13H2,1-3H3. The molecule has 4 aromatic rings. The summed E-state index contributed by atoms with van der Waals surface area (Å²) >= 11 is 13.5. The van der Waals surface area contributed by atoms with Crippen molar-refractivity contribution in [2.75, 3.05) is 20.8 Å². The summed E-state index contributed by atoms with van der Waals surface area (Å²) in [4.78, 5) is 2.00.